The van der Waals surface area contributed by atoms with Gasteiger partial charge in [0, 0.05) is 43.6 Å². The molecule has 2 atom stereocenters. The van der Waals surface area contributed by atoms with Crippen molar-refractivity contribution in [2.75, 3.05) is 18.0 Å². The van der Waals surface area contributed by atoms with Crippen LogP contribution in [0.3, 0.4) is 0 Å². The summed E-state index contributed by atoms with van der Waals surface area (Å²) in [6.45, 7) is 5.52. The molecule has 33 heavy (non-hydrogen) atoms. The molecule has 3 aromatic rings. The number of anilines is 2. The zero-order valence-corrected chi connectivity index (χ0v) is 19.7. The summed E-state index contributed by atoms with van der Waals surface area (Å²) in [6.07, 6.45) is 4.14. The first kappa shape index (κ1) is 22.9. The number of hydrogen-bond donors (Lipinski definition) is 1. The van der Waals surface area contributed by atoms with Crippen LogP contribution < -0.4 is 10.2 Å². The summed E-state index contributed by atoms with van der Waals surface area (Å²) in [5.41, 5.74) is 2.71. The molecule has 0 saturated carbocycles. The third kappa shape index (κ3) is 5.74. The molecule has 0 bridgehead atoms. The van der Waals surface area contributed by atoms with Crippen LogP contribution in [-0.2, 0) is 9.59 Å². The highest BCUT2D eigenvalue weighted by Crippen LogP contribution is 2.29. The van der Waals surface area contributed by atoms with E-state index in [2.05, 4.69) is 46.4 Å². The Balaban J connectivity index is 1.33. The van der Waals surface area contributed by atoms with E-state index >= 15 is 0 Å². The van der Waals surface area contributed by atoms with Gasteiger partial charge in [0.15, 0.2) is 5.13 Å². The van der Waals surface area contributed by atoms with E-state index in [9.17, 15) is 9.59 Å². The Morgan fingerprint density at radius 3 is 2.55 bits per heavy atom. The number of para-hydroxylation sites is 1. The Bertz CT molecular complexity index is 1110. The van der Waals surface area contributed by atoms with E-state index in [1.807, 2.05) is 41.8 Å². The third-order valence-corrected chi connectivity index (χ3v) is 6.68. The molecule has 1 N–H and O–H groups in total. The predicted molar refractivity (Wildman–Crippen MR) is 133 cm³/mol. The first-order valence-corrected chi connectivity index (χ1v) is 12.0. The third-order valence-electron chi connectivity index (χ3n) is 5.83. The van der Waals surface area contributed by atoms with Gasteiger partial charge in [-0.3, -0.25) is 19.4 Å². The van der Waals surface area contributed by atoms with Crippen LogP contribution in [0.25, 0.3) is 6.08 Å². The predicted octanol–water partition coefficient (Wildman–Crippen LogP) is 4.79. The van der Waals surface area contributed by atoms with Crippen molar-refractivity contribution in [2.45, 2.75) is 32.4 Å². The number of benzene rings is 2. The minimum atomic E-state index is -0.129. The number of nitrogens with one attached hydrogen (secondary N) is 1. The number of rotatable bonds is 7. The van der Waals surface area contributed by atoms with Gasteiger partial charge in [-0.05, 0) is 37.1 Å². The highest BCUT2D eigenvalue weighted by atomic mass is 32.1. The highest BCUT2D eigenvalue weighted by Gasteiger charge is 2.27. The zero-order chi connectivity index (χ0) is 23.2. The molecule has 1 aliphatic heterocycles. The molecule has 1 aromatic heterocycles. The zero-order valence-electron chi connectivity index (χ0n) is 18.8. The van der Waals surface area contributed by atoms with Gasteiger partial charge in [0.05, 0.1) is 11.4 Å². The van der Waals surface area contributed by atoms with Gasteiger partial charge in [0.2, 0.25) is 11.8 Å². The maximum absolute atomic E-state index is 12.5. The lowest BCUT2D eigenvalue weighted by atomic mass is 10.1. The average Bonchev–Trinajstić information content (AvgIpc) is 3.48. The van der Waals surface area contributed by atoms with Crippen LogP contribution >= 0.6 is 11.3 Å². The number of amides is 2. The van der Waals surface area contributed by atoms with Crippen LogP contribution in [0.5, 0.6) is 0 Å². The second-order valence-electron chi connectivity index (χ2n) is 8.15. The minimum Gasteiger partial charge on any atom is -0.348 e. The lowest BCUT2D eigenvalue weighted by Crippen LogP contribution is -2.36. The molecular formula is C26H28N4O2S. The van der Waals surface area contributed by atoms with Crippen molar-refractivity contribution in [1.82, 2.24) is 15.2 Å². The SMILES string of the molecule is CC(=O)N(c1ccccc1)c1nc(/C=C/C(=O)NC2CCN(C(C)c3ccccc3)C2)cs1. The monoisotopic (exact) mass is 460 g/mol. The van der Waals surface area contributed by atoms with Crippen LogP contribution in [0.4, 0.5) is 10.8 Å². The van der Waals surface area contributed by atoms with Crippen molar-refractivity contribution in [3.05, 3.63) is 83.4 Å². The van der Waals surface area contributed by atoms with E-state index in [1.165, 1.54) is 29.9 Å². The number of carbonyl (C=O) groups is 2. The molecule has 6 nitrogen and oxygen atoms in total. The molecule has 1 fully saturated rings. The molecule has 0 aliphatic carbocycles. The summed E-state index contributed by atoms with van der Waals surface area (Å²) in [7, 11) is 0. The van der Waals surface area contributed by atoms with Crippen LogP contribution in [0.2, 0.25) is 0 Å². The Morgan fingerprint density at radius 2 is 1.85 bits per heavy atom. The number of aromatic nitrogens is 1. The molecule has 170 valence electrons. The maximum Gasteiger partial charge on any atom is 0.244 e. The van der Waals surface area contributed by atoms with Crippen LogP contribution in [0.1, 0.15) is 37.6 Å². The van der Waals surface area contributed by atoms with E-state index in [4.69, 9.17) is 0 Å². The molecule has 1 aliphatic rings. The second kappa shape index (κ2) is 10.6. The van der Waals surface area contributed by atoms with E-state index in [1.54, 1.807) is 11.0 Å². The van der Waals surface area contributed by atoms with Gasteiger partial charge in [-0.1, -0.05) is 48.5 Å². The van der Waals surface area contributed by atoms with Gasteiger partial charge in [0.25, 0.3) is 0 Å². The van der Waals surface area contributed by atoms with E-state index in [0.29, 0.717) is 16.9 Å². The molecule has 0 radical (unpaired) electrons. The van der Waals surface area contributed by atoms with Crippen molar-refractivity contribution in [1.29, 1.82) is 0 Å². The lowest BCUT2D eigenvalue weighted by molar-refractivity contribution is -0.117. The van der Waals surface area contributed by atoms with Crippen LogP contribution in [0.15, 0.2) is 72.1 Å². The van der Waals surface area contributed by atoms with Crippen LogP contribution in [0, 0.1) is 0 Å². The van der Waals surface area contributed by atoms with Crippen molar-refractivity contribution in [3.63, 3.8) is 0 Å². The molecule has 2 heterocycles. The smallest absolute Gasteiger partial charge is 0.244 e. The molecule has 7 heteroatoms. The number of likely N-dealkylation sites (tertiary alicyclic amines) is 1. The summed E-state index contributed by atoms with van der Waals surface area (Å²) in [5, 5.41) is 5.53. The second-order valence-corrected chi connectivity index (χ2v) is 8.99. The fraction of sp³-hybridized carbons (Fsp3) is 0.269. The average molecular weight is 461 g/mol. The molecule has 2 unspecified atom stereocenters. The van der Waals surface area contributed by atoms with Gasteiger partial charge >= 0.3 is 0 Å². The molecule has 4 rings (SSSR count). The van der Waals surface area contributed by atoms with Crippen molar-refractivity contribution in [2.24, 2.45) is 0 Å². The molecule has 0 spiro atoms. The Hall–Kier alpha value is -3.29. The lowest BCUT2D eigenvalue weighted by Gasteiger charge is -2.24. The van der Waals surface area contributed by atoms with Gasteiger partial charge in [-0.25, -0.2) is 4.98 Å². The summed E-state index contributed by atoms with van der Waals surface area (Å²) in [5.74, 6) is -0.241. The van der Waals surface area contributed by atoms with Gasteiger partial charge in [-0.15, -0.1) is 11.3 Å². The van der Waals surface area contributed by atoms with Gasteiger partial charge in [-0.2, -0.15) is 0 Å². The standard InChI is InChI=1S/C26H28N4O2S/c1-19(21-9-5-3-6-10-21)29-16-15-22(17-29)27-25(32)14-13-23-18-33-26(28-23)30(20(2)31)24-11-7-4-8-12-24/h3-14,18-19,22H,15-17H2,1-2H3,(H,27,32)/b14-13+. The molecule has 2 aromatic carbocycles. The quantitative estimate of drug-likeness (QED) is 0.515. The Labute approximate surface area is 198 Å². The number of thiazole rings is 1. The van der Waals surface area contributed by atoms with Crippen molar-refractivity contribution in [3.8, 4) is 0 Å². The summed E-state index contributed by atoms with van der Waals surface area (Å²) in [6, 6.07) is 20.3. The summed E-state index contributed by atoms with van der Waals surface area (Å²) >= 11 is 1.37. The first-order chi connectivity index (χ1) is 16.0. The maximum atomic E-state index is 12.5. The minimum absolute atomic E-state index is 0.112. The summed E-state index contributed by atoms with van der Waals surface area (Å²) < 4.78 is 0. The Morgan fingerprint density at radius 1 is 1.15 bits per heavy atom. The first-order valence-electron chi connectivity index (χ1n) is 11.1. The molecule has 1 saturated heterocycles. The number of hydrogen-bond acceptors (Lipinski definition) is 5. The fourth-order valence-electron chi connectivity index (χ4n) is 4.07. The van der Waals surface area contributed by atoms with E-state index < -0.39 is 0 Å². The molecule has 2 amide bonds. The van der Waals surface area contributed by atoms with E-state index in [-0.39, 0.29) is 17.9 Å². The number of carbonyl (C=O) groups excluding carboxylic acids is 2. The van der Waals surface area contributed by atoms with Gasteiger partial charge in [0.1, 0.15) is 0 Å². The number of nitrogens with zero attached hydrogens (tertiary/aromatic N) is 3. The normalized spacial score (nSPS) is 17.2. The van der Waals surface area contributed by atoms with Crippen LogP contribution in [-0.4, -0.2) is 40.8 Å². The van der Waals surface area contributed by atoms with Gasteiger partial charge < -0.3 is 5.32 Å². The molecular weight excluding hydrogens is 432 g/mol. The highest BCUT2D eigenvalue weighted by molar-refractivity contribution is 7.14. The fourth-order valence-corrected chi connectivity index (χ4v) is 4.92. The van der Waals surface area contributed by atoms with E-state index in [0.717, 1.165) is 25.2 Å². The Kier molecular flexibility index (Phi) is 7.32. The van der Waals surface area contributed by atoms with Crippen molar-refractivity contribution < 1.29 is 9.59 Å². The largest absolute Gasteiger partial charge is 0.348 e. The topological polar surface area (TPSA) is 65.5 Å². The summed E-state index contributed by atoms with van der Waals surface area (Å²) in [4.78, 5) is 33.2. The van der Waals surface area contributed by atoms with Crippen molar-refractivity contribution >= 4 is 40.0 Å².